The van der Waals surface area contributed by atoms with Crippen LogP contribution in [0, 0.1) is 13.8 Å². The van der Waals surface area contributed by atoms with E-state index in [2.05, 4.69) is 9.71 Å². The summed E-state index contributed by atoms with van der Waals surface area (Å²) in [5.74, 6) is 0.714. The largest absolute Gasteiger partial charge is 0.494 e. The molecule has 0 unspecified atom stereocenters. The van der Waals surface area contributed by atoms with Crippen LogP contribution in [0.1, 0.15) is 23.6 Å². The Morgan fingerprint density at radius 1 is 1.18 bits per heavy atom. The number of sulfonamides is 1. The van der Waals surface area contributed by atoms with Gasteiger partial charge in [0.15, 0.2) is 0 Å². The number of pyridine rings is 1. The molecule has 0 saturated heterocycles. The molecule has 1 N–H and O–H groups in total. The Kier molecular flexibility index (Phi) is 5.15. The minimum absolute atomic E-state index is 0.210. The molecule has 0 amide bonds. The fraction of sp³-hybridized carbons (Fsp3) is 0.312. The molecule has 0 fully saturated rings. The molecule has 0 atom stereocenters. The predicted molar refractivity (Wildman–Crippen MR) is 85.3 cm³/mol. The van der Waals surface area contributed by atoms with Gasteiger partial charge in [0.1, 0.15) is 5.75 Å². The first-order chi connectivity index (χ1) is 10.5. The highest BCUT2D eigenvalue weighted by Gasteiger charge is 2.19. The van der Waals surface area contributed by atoms with Crippen LogP contribution in [0.25, 0.3) is 0 Å². The van der Waals surface area contributed by atoms with E-state index in [0.717, 1.165) is 11.1 Å². The fourth-order valence-corrected chi connectivity index (χ4v) is 3.45. The molecule has 0 aliphatic heterocycles. The van der Waals surface area contributed by atoms with Gasteiger partial charge in [-0.05, 0) is 55.7 Å². The van der Waals surface area contributed by atoms with Gasteiger partial charge in [0.05, 0.1) is 11.5 Å². The van der Waals surface area contributed by atoms with Gasteiger partial charge >= 0.3 is 0 Å². The molecule has 2 rings (SSSR count). The van der Waals surface area contributed by atoms with Gasteiger partial charge in [-0.3, -0.25) is 4.98 Å². The van der Waals surface area contributed by atoms with Gasteiger partial charge in [-0.1, -0.05) is 6.07 Å². The van der Waals surface area contributed by atoms with Gasteiger partial charge < -0.3 is 4.74 Å². The van der Waals surface area contributed by atoms with Crippen molar-refractivity contribution in [1.82, 2.24) is 9.71 Å². The van der Waals surface area contributed by atoms with E-state index in [1.165, 1.54) is 0 Å². The molecule has 0 spiro atoms. The lowest BCUT2D eigenvalue weighted by atomic mass is 10.1. The van der Waals surface area contributed by atoms with Crippen molar-refractivity contribution in [2.75, 3.05) is 6.61 Å². The van der Waals surface area contributed by atoms with Crippen LogP contribution >= 0.6 is 0 Å². The summed E-state index contributed by atoms with van der Waals surface area (Å²) >= 11 is 0. The molecule has 118 valence electrons. The molecular weight excluding hydrogens is 300 g/mol. The summed E-state index contributed by atoms with van der Waals surface area (Å²) in [5, 5.41) is 0. The zero-order valence-corrected chi connectivity index (χ0v) is 13.8. The van der Waals surface area contributed by atoms with Crippen LogP contribution in [0.4, 0.5) is 0 Å². The normalized spacial score (nSPS) is 11.4. The summed E-state index contributed by atoms with van der Waals surface area (Å²) in [4.78, 5) is 4.25. The van der Waals surface area contributed by atoms with Crippen molar-refractivity contribution in [2.45, 2.75) is 32.2 Å². The van der Waals surface area contributed by atoms with E-state index < -0.39 is 10.0 Å². The second kappa shape index (κ2) is 6.89. The van der Waals surface area contributed by atoms with Crippen LogP contribution in [-0.4, -0.2) is 20.0 Å². The van der Waals surface area contributed by atoms with E-state index in [4.69, 9.17) is 4.74 Å². The lowest BCUT2D eigenvalue weighted by molar-refractivity contribution is 0.337. The van der Waals surface area contributed by atoms with E-state index in [1.807, 2.05) is 19.9 Å². The van der Waals surface area contributed by atoms with Crippen LogP contribution in [-0.2, 0) is 16.6 Å². The van der Waals surface area contributed by atoms with Crippen LogP contribution in [0.3, 0.4) is 0 Å². The molecule has 0 aliphatic rings. The van der Waals surface area contributed by atoms with Crippen LogP contribution < -0.4 is 9.46 Å². The maximum Gasteiger partial charge on any atom is 0.241 e. The third-order valence-corrected chi connectivity index (χ3v) is 5.01. The fourth-order valence-electron chi connectivity index (χ4n) is 2.13. The van der Waals surface area contributed by atoms with E-state index in [9.17, 15) is 8.42 Å². The summed E-state index contributed by atoms with van der Waals surface area (Å²) in [7, 11) is -3.58. The second-order valence-electron chi connectivity index (χ2n) is 4.93. The number of benzene rings is 1. The third kappa shape index (κ3) is 3.64. The van der Waals surface area contributed by atoms with Gasteiger partial charge in [0, 0.05) is 18.9 Å². The first-order valence-electron chi connectivity index (χ1n) is 7.07. The highest BCUT2D eigenvalue weighted by Crippen LogP contribution is 2.27. The Bertz CT molecular complexity index is 743. The number of rotatable bonds is 6. The molecule has 0 aliphatic carbocycles. The molecule has 5 nitrogen and oxygen atoms in total. The highest BCUT2D eigenvalue weighted by molar-refractivity contribution is 7.89. The summed E-state index contributed by atoms with van der Waals surface area (Å²) in [6.07, 6.45) is 3.29. The van der Waals surface area contributed by atoms with Crippen molar-refractivity contribution in [3.05, 3.63) is 53.3 Å². The quantitative estimate of drug-likeness (QED) is 0.888. The highest BCUT2D eigenvalue weighted by atomic mass is 32.2. The maximum absolute atomic E-state index is 12.5. The van der Waals surface area contributed by atoms with Gasteiger partial charge in [-0.25, -0.2) is 13.1 Å². The van der Waals surface area contributed by atoms with E-state index >= 15 is 0 Å². The minimum Gasteiger partial charge on any atom is -0.494 e. The minimum atomic E-state index is -3.58. The molecule has 0 bridgehead atoms. The van der Waals surface area contributed by atoms with Crippen molar-refractivity contribution in [1.29, 1.82) is 0 Å². The van der Waals surface area contributed by atoms with Crippen molar-refractivity contribution < 1.29 is 13.2 Å². The van der Waals surface area contributed by atoms with Crippen LogP contribution in [0.15, 0.2) is 41.6 Å². The number of aromatic nitrogens is 1. The van der Waals surface area contributed by atoms with E-state index in [0.29, 0.717) is 17.9 Å². The van der Waals surface area contributed by atoms with E-state index in [-0.39, 0.29) is 11.4 Å². The SMILES string of the molecule is CCOc1ccc(S(=O)(=O)NCc2cccnc2)c(C)c1C. The molecular formula is C16H20N2O3S. The molecule has 0 radical (unpaired) electrons. The standard InChI is InChI=1S/C16H20N2O3S/c1-4-21-15-7-8-16(13(3)12(15)2)22(19,20)18-11-14-6-5-9-17-10-14/h5-10,18H,4,11H2,1-3H3. The molecule has 1 aromatic carbocycles. The third-order valence-electron chi connectivity index (χ3n) is 3.47. The number of hydrogen-bond acceptors (Lipinski definition) is 4. The predicted octanol–water partition coefficient (Wildman–Crippen LogP) is 2.58. The lowest BCUT2D eigenvalue weighted by Gasteiger charge is -2.14. The van der Waals surface area contributed by atoms with Crippen molar-refractivity contribution in [3.8, 4) is 5.75 Å². The van der Waals surface area contributed by atoms with Crippen molar-refractivity contribution >= 4 is 10.0 Å². The summed E-state index contributed by atoms with van der Waals surface area (Å²) < 4.78 is 33.0. The van der Waals surface area contributed by atoms with Gasteiger partial charge in [-0.15, -0.1) is 0 Å². The molecule has 6 heteroatoms. The van der Waals surface area contributed by atoms with Crippen molar-refractivity contribution in [3.63, 3.8) is 0 Å². The molecule has 0 saturated carbocycles. The lowest BCUT2D eigenvalue weighted by Crippen LogP contribution is -2.24. The summed E-state index contributed by atoms with van der Waals surface area (Å²) in [6.45, 7) is 6.30. The van der Waals surface area contributed by atoms with Crippen LogP contribution in [0.2, 0.25) is 0 Å². The van der Waals surface area contributed by atoms with Gasteiger partial charge in [0.25, 0.3) is 0 Å². The Hall–Kier alpha value is -1.92. The van der Waals surface area contributed by atoms with Gasteiger partial charge in [-0.2, -0.15) is 0 Å². The number of nitrogens with zero attached hydrogens (tertiary/aromatic N) is 1. The first kappa shape index (κ1) is 16.5. The Labute approximate surface area is 131 Å². The smallest absolute Gasteiger partial charge is 0.241 e. The first-order valence-corrected chi connectivity index (χ1v) is 8.55. The Balaban J connectivity index is 2.24. The maximum atomic E-state index is 12.5. The topological polar surface area (TPSA) is 68.3 Å². The Morgan fingerprint density at radius 3 is 2.59 bits per heavy atom. The zero-order chi connectivity index (χ0) is 16.2. The monoisotopic (exact) mass is 320 g/mol. The zero-order valence-electron chi connectivity index (χ0n) is 13.0. The number of hydrogen-bond donors (Lipinski definition) is 1. The second-order valence-corrected chi connectivity index (χ2v) is 6.67. The van der Waals surface area contributed by atoms with Gasteiger partial charge in [0.2, 0.25) is 10.0 Å². The molecule has 1 aromatic heterocycles. The summed E-state index contributed by atoms with van der Waals surface area (Å²) in [6, 6.07) is 6.88. The molecule has 1 heterocycles. The number of ether oxygens (including phenoxy) is 1. The van der Waals surface area contributed by atoms with Crippen LogP contribution in [0.5, 0.6) is 5.75 Å². The summed E-state index contributed by atoms with van der Waals surface area (Å²) in [5.41, 5.74) is 2.35. The average molecular weight is 320 g/mol. The molecule has 2 aromatic rings. The van der Waals surface area contributed by atoms with E-state index in [1.54, 1.807) is 37.5 Å². The van der Waals surface area contributed by atoms with Crippen molar-refractivity contribution in [2.24, 2.45) is 0 Å². The number of nitrogens with one attached hydrogen (secondary N) is 1. The molecule has 22 heavy (non-hydrogen) atoms. The average Bonchev–Trinajstić information content (AvgIpc) is 2.51. The Morgan fingerprint density at radius 2 is 1.95 bits per heavy atom.